The number of carbonyl (C=O) groups is 1. The molecule has 8 heteroatoms. The fraction of sp³-hybridized carbons (Fsp3) is 0.154. The van der Waals surface area contributed by atoms with E-state index in [1.54, 1.807) is 23.9 Å². The standard InChI is InChI=1S/C13H11BrFN3OS2/c1-2-20-13-18-17-12(21-13)16-11(19)6-3-8-7-9(14)4-5-10(8)15/h3-7H,2H2,1H3,(H,16,17,19)/b6-3+. The minimum atomic E-state index is -0.389. The Morgan fingerprint density at radius 2 is 2.33 bits per heavy atom. The first kappa shape index (κ1) is 16.1. The van der Waals surface area contributed by atoms with Gasteiger partial charge in [-0.3, -0.25) is 10.1 Å². The van der Waals surface area contributed by atoms with Crippen molar-refractivity contribution in [2.75, 3.05) is 11.1 Å². The first-order valence-electron chi connectivity index (χ1n) is 5.99. The van der Waals surface area contributed by atoms with Gasteiger partial charge in [-0.25, -0.2) is 4.39 Å². The second-order valence-electron chi connectivity index (χ2n) is 3.79. The van der Waals surface area contributed by atoms with Gasteiger partial charge in [0.05, 0.1) is 0 Å². The molecule has 2 rings (SSSR count). The summed E-state index contributed by atoms with van der Waals surface area (Å²) in [5, 5.41) is 10.8. The van der Waals surface area contributed by atoms with Gasteiger partial charge in [0.2, 0.25) is 11.0 Å². The van der Waals surface area contributed by atoms with E-state index in [9.17, 15) is 9.18 Å². The Morgan fingerprint density at radius 3 is 3.10 bits per heavy atom. The van der Waals surface area contributed by atoms with Crippen molar-refractivity contribution in [3.63, 3.8) is 0 Å². The topological polar surface area (TPSA) is 54.9 Å². The molecule has 1 aromatic heterocycles. The number of nitrogens with zero attached hydrogens (tertiary/aromatic N) is 2. The van der Waals surface area contributed by atoms with E-state index in [-0.39, 0.29) is 11.7 Å². The van der Waals surface area contributed by atoms with E-state index in [2.05, 4.69) is 31.4 Å². The van der Waals surface area contributed by atoms with Crippen LogP contribution in [0.4, 0.5) is 9.52 Å². The van der Waals surface area contributed by atoms with E-state index in [0.717, 1.165) is 14.6 Å². The summed E-state index contributed by atoms with van der Waals surface area (Å²) in [6.07, 6.45) is 2.68. The van der Waals surface area contributed by atoms with Gasteiger partial charge in [0.1, 0.15) is 5.82 Å². The Labute approximate surface area is 138 Å². The highest BCUT2D eigenvalue weighted by Gasteiger charge is 2.06. The van der Waals surface area contributed by atoms with Crippen LogP contribution < -0.4 is 5.32 Å². The van der Waals surface area contributed by atoms with E-state index >= 15 is 0 Å². The molecule has 0 aliphatic heterocycles. The maximum atomic E-state index is 13.5. The number of aromatic nitrogens is 2. The molecule has 1 amide bonds. The van der Waals surface area contributed by atoms with Crippen LogP contribution in [0.5, 0.6) is 0 Å². The van der Waals surface area contributed by atoms with Crippen LogP contribution in [0.2, 0.25) is 0 Å². The number of amides is 1. The molecule has 0 bridgehead atoms. The Morgan fingerprint density at radius 1 is 1.52 bits per heavy atom. The van der Waals surface area contributed by atoms with Crippen LogP contribution in [0.1, 0.15) is 12.5 Å². The monoisotopic (exact) mass is 387 g/mol. The second kappa shape index (κ2) is 7.67. The van der Waals surface area contributed by atoms with E-state index in [4.69, 9.17) is 0 Å². The number of hydrogen-bond acceptors (Lipinski definition) is 5. The molecule has 1 heterocycles. The molecule has 110 valence electrons. The Balaban J connectivity index is 2.00. The summed E-state index contributed by atoms with van der Waals surface area (Å²) in [6.45, 7) is 2.01. The summed E-state index contributed by atoms with van der Waals surface area (Å²) in [4.78, 5) is 11.7. The summed E-state index contributed by atoms with van der Waals surface area (Å²) in [5.41, 5.74) is 0.332. The predicted molar refractivity (Wildman–Crippen MR) is 88.1 cm³/mol. The maximum Gasteiger partial charge on any atom is 0.250 e. The van der Waals surface area contributed by atoms with Gasteiger partial charge < -0.3 is 0 Å². The zero-order valence-electron chi connectivity index (χ0n) is 11.0. The normalized spacial score (nSPS) is 11.0. The first-order valence-corrected chi connectivity index (χ1v) is 8.58. The number of benzene rings is 1. The van der Waals surface area contributed by atoms with Crippen LogP contribution in [0, 0.1) is 5.82 Å². The van der Waals surface area contributed by atoms with E-state index in [0.29, 0.717) is 10.7 Å². The number of anilines is 1. The minimum Gasteiger partial charge on any atom is -0.297 e. The van der Waals surface area contributed by atoms with Crippen molar-refractivity contribution in [2.45, 2.75) is 11.3 Å². The van der Waals surface area contributed by atoms with Gasteiger partial charge in [-0.05, 0) is 30.0 Å². The van der Waals surface area contributed by atoms with Crippen molar-refractivity contribution in [1.29, 1.82) is 0 Å². The highest BCUT2D eigenvalue weighted by molar-refractivity contribution is 9.10. The van der Waals surface area contributed by atoms with Crippen molar-refractivity contribution < 1.29 is 9.18 Å². The second-order valence-corrected chi connectivity index (χ2v) is 7.20. The molecule has 4 nitrogen and oxygen atoms in total. The van der Waals surface area contributed by atoms with Crippen LogP contribution in [-0.2, 0) is 4.79 Å². The molecule has 0 aliphatic rings. The highest BCUT2D eigenvalue weighted by atomic mass is 79.9. The number of carbonyl (C=O) groups excluding carboxylic acids is 1. The molecule has 0 atom stereocenters. The average molecular weight is 388 g/mol. The summed E-state index contributed by atoms with van der Waals surface area (Å²) < 4.78 is 15.1. The maximum absolute atomic E-state index is 13.5. The van der Waals surface area contributed by atoms with Gasteiger partial charge in [0, 0.05) is 16.1 Å². The third-order valence-electron chi connectivity index (χ3n) is 2.28. The summed E-state index contributed by atoms with van der Waals surface area (Å²) in [7, 11) is 0. The minimum absolute atomic E-state index is 0.332. The number of rotatable bonds is 5. The molecule has 21 heavy (non-hydrogen) atoms. The van der Waals surface area contributed by atoms with Crippen molar-refractivity contribution in [3.8, 4) is 0 Å². The molecule has 0 spiro atoms. The van der Waals surface area contributed by atoms with Gasteiger partial charge >= 0.3 is 0 Å². The Hall–Kier alpha value is -1.25. The molecule has 0 saturated carbocycles. The van der Waals surface area contributed by atoms with Crippen LogP contribution in [0.3, 0.4) is 0 Å². The lowest BCUT2D eigenvalue weighted by Gasteiger charge is -1.98. The molecule has 1 N–H and O–H groups in total. The lowest BCUT2D eigenvalue weighted by molar-refractivity contribution is -0.111. The quantitative estimate of drug-likeness (QED) is 0.474. The van der Waals surface area contributed by atoms with Crippen LogP contribution in [-0.4, -0.2) is 21.9 Å². The molecular weight excluding hydrogens is 377 g/mol. The highest BCUT2D eigenvalue weighted by Crippen LogP contribution is 2.25. The Bertz CT molecular complexity index is 675. The van der Waals surface area contributed by atoms with Crippen LogP contribution in [0.25, 0.3) is 6.08 Å². The SMILES string of the molecule is CCSc1nnc(NC(=O)/C=C/c2cc(Br)ccc2F)s1. The van der Waals surface area contributed by atoms with Gasteiger partial charge in [-0.15, -0.1) is 10.2 Å². The van der Waals surface area contributed by atoms with Crippen molar-refractivity contribution >= 4 is 56.1 Å². The van der Waals surface area contributed by atoms with Gasteiger partial charge in [0.15, 0.2) is 4.34 Å². The van der Waals surface area contributed by atoms with Crippen molar-refractivity contribution in [3.05, 3.63) is 40.1 Å². The fourth-order valence-corrected chi connectivity index (χ4v) is 3.43. The van der Waals surface area contributed by atoms with Gasteiger partial charge in [-0.1, -0.05) is 46.0 Å². The van der Waals surface area contributed by atoms with E-state index in [1.807, 2.05) is 6.92 Å². The number of hydrogen-bond donors (Lipinski definition) is 1. The molecule has 0 aliphatic carbocycles. The summed E-state index contributed by atoms with van der Waals surface area (Å²) >= 11 is 6.12. The molecule has 0 radical (unpaired) electrons. The van der Waals surface area contributed by atoms with Crippen molar-refractivity contribution in [2.24, 2.45) is 0 Å². The summed E-state index contributed by atoms with van der Waals surface area (Å²) in [5.74, 6) is 0.128. The zero-order chi connectivity index (χ0) is 15.2. The number of halogens is 2. The lowest BCUT2D eigenvalue weighted by Crippen LogP contribution is -2.07. The first-order chi connectivity index (χ1) is 10.1. The number of nitrogens with one attached hydrogen (secondary N) is 1. The fourth-order valence-electron chi connectivity index (χ4n) is 1.40. The molecule has 0 fully saturated rings. The summed E-state index contributed by atoms with van der Waals surface area (Å²) in [6, 6.07) is 4.53. The van der Waals surface area contributed by atoms with Crippen molar-refractivity contribution in [1.82, 2.24) is 10.2 Å². The predicted octanol–water partition coefficient (Wildman–Crippen LogP) is 4.20. The van der Waals surface area contributed by atoms with Crippen LogP contribution >= 0.6 is 39.0 Å². The average Bonchev–Trinajstić information content (AvgIpc) is 2.87. The van der Waals surface area contributed by atoms with Gasteiger partial charge in [-0.2, -0.15) is 0 Å². The van der Waals surface area contributed by atoms with E-state index in [1.165, 1.54) is 29.6 Å². The molecular formula is C13H11BrFN3OS2. The number of thioether (sulfide) groups is 1. The zero-order valence-corrected chi connectivity index (χ0v) is 14.2. The smallest absolute Gasteiger partial charge is 0.250 e. The third-order valence-corrected chi connectivity index (χ3v) is 4.62. The Kier molecular flexibility index (Phi) is 5.89. The van der Waals surface area contributed by atoms with Crippen LogP contribution in [0.15, 0.2) is 33.1 Å². The van der Waals surface area contributed by atoms with E-state index < -0.39 is 0 Å². The van der Waals surface area contributed by atoms with Gasteiger partial charge in [0.25, 0.3) is 0 Å². The lowest BCUT2D eigenvalue weighted by atomic mass is 10.2. The molecule has 0 saturated heterocycles. The third kappa shape index (κ3) is 4.90. The molecule has 1 aromatic carbocycles. The molecule has 2 aromatic rings. The largest absolute Gasteiger partial charge is 0.297 e. The molecule has 0 unspecified atom stereocenters.